The number of nitrogens with zero attached hydrogens (tertiary/aromatic N) is 2. The zero-order chi connectivity index (χ0) is 61.8. The fourth-order valence-electron chi connectivity index (χ4n) is 15.4. The third kappa shape index (κ3) is 8.65. The molecule has 20 rings (SSSR count). The van der Waals surface area contributed by atoms with Gasteiger partial charge >= 0.3 is 0 Å². The van der Waals surface area contributed by atoms with Crippen molar-refractivity contribution in [3.8, 4) is 55.9 Å². The van der Waals surface area contributed by atoms with Crippen molar-refractivity contribution in [3.05, 3.63) is 352 Å². The van der Waals surface area contributed by atoms with Gasteiger partial charge in [0.1, 0.15) is 0 Å². The van der Waals surface area contributed by atoms with Crippen LogP contribution in [0.15, 0.2) is 352 Å². The van der Waals surface area contributed by atoms with Gasteiger partial charge in [-0.1, -0.05) is 291 Å². The van der Waals surface area contributed by atoms with Gasteiger partial charge in [-0.2, -0.15) is 0 Å². The Bertz CT molecular complexity index is 6460. The maximum absolute atomic E-state index is 2.46. The maximum atomic E-state index is 2.46. The van der Waals surface area contributed by atoms with Gasteiger partial charge in [-0.3, -0.25) is 0 Å². The highest BCUT2D eigenvalue weighted by atomic mass is 15.0. The molecule has 0 aliphatic carbocycles. The van der Waals surface area contributed by atoms with Gasteiger partial charge in [0, 0.05) is 32.3 Å². The minimum atomic E-state index is 1.21. The van der Waals surface area contributed by atoms with Crippen LogP contribution in [0.25, 0.3) is 186 Å². The van der Waals surface area contributed by atoms with E-state index in [2.05, 4.69) is 361 Å². The molecule has 18 aromatic carbocycles. The van der Waals surface area contributed by atoms with Gasteiger partial charge in [0.25, 0.3) is 0 Å². The maximum Gasteiger partial charge on any atom is 0.0546 e. The second-order valence-electron chi connectivity index (χ2n) is 25.1. The van der Waals surface area contributed by atoms with E-state index in [1.165, 1.54) is 186 Å². The number of hydrogen-bond donors (Lipinski definition) is 0. The Morgan fingerprint density at radius 1 is 0.138 bits per heavy atom. The quantitative estimate of drug-likeness (QED) is 0.147. The third-order valence-electron chi connectivity index (χ3n) is 19.9. The van der Waals surface area contributed by atoms with Crippen LogP contribution in [-0.2, 0) is 0 Å². The fraction of sp³-hybridized carbons (Fsp3) is 0. The van der Waals surface area contributed by atoms with Crippen molar-refractivity contribution in [1.82, 2.24) is 9.13 Å². The summed E-state index contributed by atoms with van der Waals surface area (Å²) in [5.41, 5.74) is 17.1. The number of rotatable bonds is 6. The van der Waals surface area contributed by atoms with Gasteiger partial charge in [-0.25, -0.2) is 0 Å². The smallest absolute Gasteiger partial charge is 0.0546 e. The highest BCUT2D eigenvalue weighted by Crippen LogP contribution is 2.43. The Kier molecular flexibility index (Phi) is 12.3. The van der Waals surface area contributed by atoms with E-state index in [0.717, 1.165) is 0 Å². The summed E-state index contributed by atoms with van der Waals surface area (Å²) in [5.74, 6) is 0. The lowest BCUT2D eigenvalue weighted by Crippen LogP contribution is -1.96. The molecule has 0 saturated heterocycles. The summed E-state index contributed by atoms with van der Waals surface area (Å²) in [4.78, 5) is 0. The first-order chi connectivity index (χ1) is 46.6. The molecule has 20 aromatic rings. The van der Waals surface area contributed by atoms with E-state index in [1.54, 1.807) is 0 Å². The Morgan fingerprint density at radius 2 is 0.426 bits per heavy atom. The molecule has 0 bridgehead atoms. The molecule has 0 aliphatic heterocycles. The summed E-state index contributed by atoms with van der Waals surface area (Å²) in [6.07, 6.45) is 0. The molecule has 94 heavy (non-hydrogen) atoms. The predicted octanol–water partition coefficient (Wildman–Crippen LogP) is 25.5. The molecule has 0 spiro atoms. The van der Waals surface area contributed by atoms with Crippen LogP contribution in [0.5, 0.6) is 0 Å². The van der Waals surface area contributed by atoms with Crippen molar-refractivity contribution in [3.63, 3.8) is 0 Å². The lowest BCUT2D eigenvalue weighted by atomic mass is 9.92. The Balaban J connectivity index is 0.000000133. The van der Waals surface area contributed by atoms with E-state index in [1.807, 2.05) is 0 Å². The van der Waals surface area contributed by atoms with Crippen molar-refractivity contribution < 1.29 is 0 Å². The third-order valence-corrected chi connectivity index (χ3v) is 19.9. The highest BCUT2D eigenvalue weighted by molar-refractivity contribution is 6.19. The van der Waals surface area contributed by atoms with E-state index < -0.39 is 0 Å². The number of fused-ring (bicyclic) bond motifs is 18. The first-order valence-electron chi connectivity index (χ1n) is 32.5. The average Bonchev–Trinajstić information content (AvgIpc) is 1.54. The Labute approximate surface area is 543 Å². The normalized spacial score (nSPS) is 11.8. The summed E-state index contributed by atoms with van der Waals surface area (Å²) in [7, 11) is 0. The van der Waals surface area contributed by atoms with Crippen molar-refractivity contribution in [2.24, 2.45) is 0 Å². The fourth-order valence-corrected chi connectivity index (χ4v) is 15.4. The summed E-state index contributed by atoms with van der Waals surface area (Å²) in [6.45, 7) is 0. The lowest BCUT2D eigenvalue weighted by Gasteiger charge is -2.14. The molecule has 0 radical (unpaired) electrons. The van der Waals surface area contributed by atoms with Crippen molar-refractivity contribution in [2.45, 2.75) is 0 Å². The van der Waals surface area contributed by atoms with Crippen molar-refractivity contribution in [1.29, 1.82) is 0 Å². The zero-order valence-electron chi connectivity index (χ0n) is 51.4. The monoisotopic (exact) mass is 1190 g/mol. The Morgan fingerprint density at radius 3 is 0.904 bits per heavy atom. The van der Waals surface area contributed by atoms with Gasteiger partial charge in [-0.15, -0.1) is 0 Å². The number of aromatic nitrogens is 2. The van der Waals surface area contributed by atoms with E-state index in [0.29, 0.717) is 0 Å². The second kappa shape index (κ2) is 21.7. The second-order valence-corrected chi connectivity index (χ2v) is 25.1. The lowest BCUT2D eigenvalue weighted by molar-refractivity contribution is 1.20. The number of benzene rings is 18. The Hall–Kier alpha value is -12.4. The molecule has 2 heterocycles. The van der Waals surface area contributed by atoms with Crippen LogP contribution in [0.3, 0.4) is 0 Å². The van der Waals surface area contributed by atoms with E-state index in [9.17, 15) is 0 Å². The molecule has 0 N–H and O–H groups in total. The van der Waals surface area contributed by atoms with Crippen LogP contribution in [0.2, 0.25) is 0 Å². The van der Waals surface area contributed by atoms with Crippen LogP contribution in [0.4, 0.5) is 0 Å². The molecule has 2 aromatic heterocycles. The van der Waals surface area contributed by atoms with Gasteiger partial charge in [-0.05, 0) is 181 Å². The zero-order valence-corrected chi connectivity index (χ0v) is 51.4. The first-order valence-corrected chi connectivity index (χ1v) is 32.5. The van der Waals surface area contributed by atoms with E-state index >= 15 is 0 Å². The van der Waals surface area contributed by atoms with Crippen LogP contribution in [0.1, 0.15) is 0 Å². The molecular weight excluding hydrogens is 1130 g/mol. The van der Waals surface area contributed by atoms with Gasteiger partial charge in [0.2, 0.25) is 0 Å². The molecule has 2 heteroatoms. The predicted molar refractivity (Wildman–Crippen MR) is 403 cm³/mol. The first kappa shape index (κ1) is 53.5. The molecule has 0 aliphatic rings. The summed E-state index contributed by atoms with van der Waals surface area (Å²) in [6, 6.07) is 129. The van der Waals surface area contributed by atoms with Crippen LogP contribution in [-0.4, -0.2) is 9.13 Å². The highest BCUT2D eigenvalue weighted by Gasteiger charge is 2.20. The van der Waals surface area contributed by atoms with Gasteiger partial charge in [0.05, 0.1) is 33.4 Å². The SMILES string of the molecule is c1ccc2c(c1)cc(-c1ccc(-c3ccc4c(c3)c3ccccc3n4-c3cc4ccccc4c4ccccc34)cc1)c1ccccc12.c1ccc2c(c1)ccc1cc(-c3ccc(-c4ccc5c(c4)c4ccccc4n5-c4cc5ccccc5c5ccccc45)cc3)ccc12. The van der Waals surface area contributed by atoms with Crippen LogP contribution >= 0.6 is 0 Å². The van der Waals surface area contributed by atoms with E-state index in [-0.39, 0.29) is 0 Å². The average molecular weight is 1190 g/mol. The minimum Gasteiger partial charge on any atom is -0.309 e. The molecule has 2 nitrogen and oxygen atoms in total. The van der Waals surface area contributed by atoms with Gasteiger partial charge < -0.3 is 9.13 Å². The molecule has 0 amide bonds. The summed E-state index contributed by atoms with van der Waals surface area (Å²) < 4.78 is 4.91. The van der Waals surface area contributed by atoms with Crippen LogP contribution in [0, 0.1) is 0 Å². The molecule has 0 unspecified atom stereocenters. The number of hydrogen-bond acceptors (Lipinski definition) is 0. The summed E-state index contributed by atoms with van der Waals surface area (Å²) in [5, 5.41) is 25.5. The van der Waals surface area contributed by atoms with Crippen molar-refractivity contribution >= 4 is 130 Å². The number of para-hydroxylation sites is 2. The summed E-state index contributed by atoms with van der Waals surface area (Å²) >= 11 is 0. The van der Waals surface area contributed by atoms with E-state index in [4.69, 9.17) is 0 Å². The molecular formula is C92H58N2. The largest absolute Gasteiger partial charge is 0.309 e. The topological polar surface area (TPSA) is 9.86 Å². The minimum absolute atomic E-state index is 1.21. The molecule has 0 fully saturated rings. The molecule has 0 atom stereocenters. The van der Waals surface area contributed by atoms with Crippen molar-refractivity contribution in [2.75, 3.05) is 0 Å². The standard InChI is InChI=1S/2C46H29N/c1-3-13-35-33(11-1)28-42(39-17-6-5-15-37(35)39)31-23-21-30(22-24-31)32-25-26-45-43(27-32)41-19-9-10-20-44(41)47(45)46-29-34-12-2-4-14-36(34)38-16-7-8-18-40(38)46;1-3-11-37-32(9-1)21-22-36-27-33(23-25-39(36)37)30-17-19-31(20-18-30)34-24-26-45-43(28-34)42-15-7-8-16-44(42)47(45)46-29-35-10-2-4-12-38(35)40-13-5-6-14-41(40)46/h2*1-29H. The molecule has 0 saturated carbocycles. The molecule has 436 valence electrons. The van der Waals surface area contributed by atoms with Gasteiger partial charge in [0.15, 0.2) is 0 Å². The van der Waals surface area contributed by atoms with Crippen LogP contribution < -0.4 is 0 Å².